The average Bonchev–Trinajstić information content (AvgIpc) is 3.22. The van der Waals surface area contributed by atoms with Gasteiger partial charge in [-0.15, -0.1) is 11.3 Å². The SMILES string of the molecule is Cc1nc(CCNC2CCN(c3ncnc4nc[nH]c34)CC2)sc1Cl. The largest absolute Gasteiger partial charge is 0.355 e. The second kappa shape index (κ2) is 7.23. The molecule has 0 spiro atoms. The van der Waals surface area contributed by atoms with Crippen LogP contribution >= 0.6 is 22.9 Å². The van der Waals surface area contributed by atoms with E-state index >= 15 is 0 Å². The number of halogens is 1. The lowest BCUT2D eigenvalue weighted by atomic mass is 10.0. The number of hydrogen-bond donors (Lipinski definition) is 2. The van der Waals surface area contributed by atoms with Crippen molar-refractivity contribution in [1.82, 2.24) is 30.2 Å². The fourth-order valence-electron chi connectivity index (χ4n) is 3.21. The predicted molar refractivity (Wildman–Crippen MR) is 100 cm³/mol. The quantitative estimate of drug-likeness (QED) is 0.711. The summed E-state index contributed by atoms with van der Waals surface area (Å²) in [5, 5.41) is 4.75. The molecule has 0 radical (unpaired) electrons. The molecule has 0 amide bonds. The molecule has 0 saturated carbocycles. The lowest BCUT2D eigenvalue weighted by Gasteiger charge is -2.33. The van der Waals surface area contributed by atoms with Gasteiger partial charge in [-0.3, -0.25) is 0 Å². The van der Waals surface area contributed by atoms with Crippen molar-refractivity contribution in [2.75, 3.05) is 24.5 Å². The van der Waals surface area contributed by atoms with Crippen LogP contribution in [0.1, 0.15) is 23.5 Å². The van der Waals surface area contributed by atoms with Gasteiger partial charge in [0.15, 0.2) is 11.5 Å². The van der Waals surface area contributed by atoms with Crippen LogP contribution in [0.5, 0.6) is 0 Å². The first-order chi connectivity index (χ1) is 12.2. The summed E-state index contributed by atoms with van der Waals surface area (Å²) < 4.78 is 0.804. The van der Waals surface area contributed by atoms with E-state index < -0.39 is 0 Å². The summed E-state index contributed by atoms with van der Waals surface area (Å²) in [5.41, 5.74) is 2.58. The normalized spacial score (nSPS) is 16.0. The van der Waals surface area contributed by atoms with Gasteiger partial charge in [0.25, 0.3) is 0 Å². The Balaban J connectivity index is 1.29. The van der Waals surface area contributed by atoms with Crippen molar-refractivity contribution in [3.8, 4) is 0 Å². The molecule has 9 heteroatoms. The highest BCUT2D eigenvalue weighted by molar-refractivity contribution is 7.16. The Bertz CT molecular complexity index is 834. The van der Waals surface area contributed by atoms with Crippen LogP contribution < -0.4 is 10.2 Å². The van der Waals surface area contributed by atoms with E-state index in [-0.39, 0.29) is 0 Å². The highest BCUT2D eigenvalue weighted by Crippen LogP contribution is 2.24. The summed E-state index contributed by atoms with van der Waals surface area (Å²) in [5.74, 6) is 0.953. The number of aryl methyl sites for hydroxylation is 1. The van der Waals surface area contributed by atoms with Gasteiger partial charge in [0.05, 0.1) is 17.0 Å². The number of aromatic nitrogens is 5. The molecule has 0 aliphatic carbocycles. The molecular weight excluding hydrogens is 358 g/mol. The fraction of sp³-hybridized carbons (Fsp3) is 0.500. The second-order valence-electron chi connectivity index (χ2n) is 6.23. The van der Waals surface area contributed by atoms with E-state index in [2.05, 4.69) is 35.1 Å². The van der Waals surface area contributed by atoms with E-state index in [9.17, 15) is 0 Å². The van der Waals surface area contributed by atoms with Crippen LogP contribution in [0.3, 0.4) is 0 Å². The van der Waals surface area contributed by atoms with Crippen molar-refractivity contribution in [1.29, 1.82) is 0 Å². The van der Waals surface area contributed by atoms with Gasteiger partial charge in [0, 0.05) is 32.1 Å². The van der Waals surface area contributed by atoms with Gasteiger partial charge in [0.1, 0.15) is 16.2 Å². The molecule has 2 N–H and O–H groups in total. The third-order valence-electron chi connectivity index (χ3n) is 4.55. The molecule has 4 rings (SSSR count). The molecule has 0 atom stereocenters. The van der Waals surface area contributed by atoms with E-state index in [1.54, 1.807) is 24.0 Å². The van der Waals surface area contributed by atoms with Crippen molar-refractivity contribution in [2.45, 2.75) is 32.2 Å². The molecule has 0 aromatic carbocycles. The van der Waals surface area contributed by atoms with Crippen LogP contribution in [-0.4, -0.2) is 50.6 Å². The molecule has 1 aliphatic heterocycles. The molecule has 132 valence electrons. The molecule has 3 aromatic rings. The maximum Gasteiger partial charge on any atom is 0.182 e. The lowest BCUT2D eigenvalue weighted by molar-refractivity contribution is 0.416. The summed E-state index contributed by atoms with van der Waals surface area (Å²) in [6.45, 7) is 4.84. The number of nitrogens with zero attached hydrogens (tertiary/aromatic N) is 5. The van der Waals surface area contributed by atoms with E-state index in [4.69, 9.17) is 11.6 Å². The molecule has 7 nitrogen and oxygen atoms in total. The summed E-state index contributed by atoms with van der Waals surface area (Å²) in [6.07, 6.45) is 6.38. The number of imidazole rings is 1. The molecule has 3 aromatic heterocycles. The molecule has 0 unspecified atom stereocenters. The van der Waals surface area contributed by atoms with Gasteiger partial charge in [0.2, 0.25) is 0 Å². The van der Waals surface area contributed by atoms with Crippen molar-refractivity contribution >= 4 is 39.9 Å². The van der Waals surface area contributed by atoms with Gasteiger partial charge in [-0.05, 0) is 19.8 Å². The highest BCUT2D eigenvalue weighted by atomic mass is 35.5. The Morgan fingerprint density at radius 2 is 2.16 bits per heavy atom. The number of nitrogens with one attached hydrogen (secondary N) is 2. The number of rotatable bonds is 5. The van der Waals surface area contributed by atoms with Crippen molar-refractivity contribution in [3.05, 3.63) is 27.7 Å². The zero-order valence-corrected chi connectivity index (χ0v) is 15.6. The molecular formula is C16H20ClN7S. The van der Waals surface area contributed by atoms with E-state index in [0.29, 0.717) is 6.04 Å². The van der Waals surface area contributed by atoms with Gasteiger partial charge in [-0.25, -0.2) is 19.9 Å². The number of aromatic amines is 1. The minimum absolute atomic E-state index is 0.534. The van der Waals surface area contributed by atoms with E-state index in [1.807, 2.05) is 6.92 Å². The minimum Gasteiger partial charge on any atom is -0.355 e. The maximum atomic E-state index is 6.08. The zero-order valence-electron chi connectivity index (χ0n) is 14.0. The first-order valence-corrected chi connectivity index (χ1v) is 9.64. The summed E-state index contributed by atoms with van der Waals surface area (Å²) in [6, 6.07) is 0.534. The Hall–Kier alpha value is -1.77. The van der Waals surface area contributed by atoms with Gasteiger partial charge in [-0.2, -0.15) is 0 Å². The average molecular weight is 378 g/mol. The Labute approximate surface area is 154 Å². The topological polar surface area (TPSA) is 82.6 Å². The fourth-order valence-corrected chi connectivity index (χ4v) is 4.31. The zero-order chi connectivity index (χ0) is 17.2. The lowest BCUT2D eigenvalue weighted by Crippen LogP contribution is -2.43. The van der Waals surface area contributed by atoms with Gasteiger partial charge >= 0.3 is 0 Å². The van der Waals surface area contributed by atoms with Crippen LogP contribution in [-0.2, 0) is 6.42 Å². The molecule has 1 saturated heterocycles. The summed E-state index contributed by atoms with van der Waals surface area (Å²) in [4.78, 5) is 22.8. The maximum absolute atomic E-state index is 6.08. The number of thiazole rings is 1. The number of hydrogen-bond acceptors (Lipinski definition) is 7. The Morgan fingerprint density at radius 1 is 1.32 bits per heavy atom. The first-order valence-electron chi connectivity index (χ1n) is 8.45. The number of anilines is 1. The third kappa shape index (κ3) is 3.61. The van der Waals surface area contributed by atoms with Crippen LogP contribution in [0.15, 0.2) is 12.7 Å². The van der Waals surface area contributed by atoms with Gasteiger partial charge in [-0.1, -0.05) is 11.6 Å². The molecule has 0 bridgehead atoms. The standard InChI is InChI=1S/C16H20ClN7S/c1-10-14(17)25-12(23-10)2-5-18-11-3-6-24(7-4-11)16-13-15(20-8-19-13)21-9-22-16/h8-9,11,18H,2-7H2,1H3,(H,19,20,21,22). The summed E-state index contributed by atoms with van der Waals surface area (Å²) >= 11 is 7.66. The first kappa shape index (κ1) is 16.7. The van der Waals surface area contributed by atoms with Crippen molar-refractivity contribution < 1.29 is 0 Å². The molecule has 4 heterocycles. The highest BCUT2D eigenvalue weighted by Gasteiger charge is 2.22. The number of H-pyrrole nitrogens is 1. The number of piperidine rings is 1. The number of fused-ring (bicyclic) bond motifs is 1. The van der Waals surface area contributed by atoms with Gasteiger partial charge < -0.3 is 15.2 Å². The van der Waals surface area contributed by atoms with E-state index in [1.165, 1.54) is 0 Å². The Morgan fingerprint density at radius 3 is 2.92 bits per heavy atom. The van der Waals surface area contributed by atoms with E-state index in [0.717, 1.165) is 70.9 Å². The van der Waals surface area contributed by atoms with Crippen LogP contribution in [0.25, 0.3) is 11.2 Å². The van der Waals surface area contributed by atoms with Crippen LogP contribution in [0, 0.1) is 6.92 Å². The molecule has 1 aliphatic rings. The van der Waals surface area contributed by atoms with Crippen molar-refractivity contribution in [2.24, 2.45) is 0 Å². The molecule has 1 fully saturated rings. The van der Waals surface area contributed by atoms with Crippen LogP contribution in [0.2, 0.25) is 4.34 Å². The minimum atomic E-state index is 0.534. The summed E-state index contributed by atoms with van der Waals surface area (Å²) in [7, 11) is 0. The third-order valence-corrected chi connectivity index (χ3v) is 6.06. The smallest absolute Gasteiger partial charge is 0.182 e. The second-order valence-corrected chi connectivity index (χ2v) is 7.92. The Kier molecular flexibility index (Phi) is 4.82. The van der Waals surface area contributed by atoms with Crippen molar-refractivity contribution in [3.63, 3.8) is 0 Å². The monoisotopic (exact) mass is 377 g/mol. The van der Waals surface area contributed by atoms with Crippen LogP contribution in [0.4, 0.5) is 5.82 Å². The molecule has 25 heavy (non-hydrogen) atoms. The predicted octanol–water partition coefficient (Wildman–Crippen LogP) is 2.57.